The summed E-state index contributed by atoms with van der Waals surface area (Å²) in [5.74, 6) is 1.42. The summed E-state index contributed by atoms with van der Waals surface area (Å²) in [5, 5.41) is 9.26. The van der Waals surface area contributed by atoms with E-state index in [4.69, 9.17) is 0 Å². The zero-order valence-corrected chi connectivity index (χ0v) is 20.2. The standard InChI is InChI=1S/C22H32N4S.HI/c1-17(21-10-7-15-27-21)16-24-22(23-3)25-20-11-13-26(14-12-20)18(2)19-8-5-4-6-9-19;/h4-10,15,17-18,20H,11-14,16H2,1-3H3,(H2,23,24,25);1H. The Balaban J connectivity index is 0.00000280. The predicted molar refractivity (Wildman–Crippen MR) is 132 cm³/mol. The second-order valence-corrected chi connectivity index (χ2v) is 8.39. The number of rotatable bonds is 6. The Labute approximate surface area is 190 Å². The highest BCUT2D eigenvalue weighted by atomic mass is 127. The van der Waals surface area contributed by atoms with E-state index in [0.717, 1.165) is 38.4 Å². The van der Waals surface area contributed by atoms with Gasteiger partial charge in [-0.3, -0.25) is 9.89 Å². The number of guanidine groups is 1. The molecule has 1 aromatic heterocycles. The molecular weight excluding hydrogens is 479 g/mol. The Morgan fingerprint density at radius 3 is 2.46 bits per heavy atom. The molecule has 1 saturated heterocycles. The lowest BCUT2D eigenvalue weighted by Gasteiger charge is -2.37. The van der Waals surface area contributed by atoms with Crippen molar-refractivity contribution in [3.8, 4) is 0 Å². The van der Waals surface area contributed by atoms with Gasteiger partial charge in [0, 0.05) is 49.6 Å². The smallest absolute Gasteiger partial charge is 0.191 e. The number of piperidine rings is 1. The highest BCUT2D eigenvalue weighted by molar-refractivity contribution is 14.0. The summed E-state index contributed by atoms with van der Waals surface area (Å²) in [7, 11) is 1.86. The van der Waals surface area contributed by atoms with Crippen molar-refractivity contribution < 1.29 is 0 Å². The molecule has 1 aromatic carbocycles. The van der Waals surface area contributed by atoms with Crippen LogP contribution in [0.4, 0.5) is 0 Å². The zero-order valence-electron chi connectivity index (χ0n) is 17.1. The van der Waals surface area contributed by atoms with Crippen LogP contribution in [0.3, 0.4) is 0 Å². The number of hydrogen-bond donors (Lipinski definition) is 2. The molecule has 2 aromatic rings. The number of nitrogens with one attached hydrogen (secondary N) is 2. The van der Waals surface area contributed by atoms with Crippen LogP contribution < -0.4 is 10.6 Å². The normalized spacial score (nSPS) is 18.2. The number of nitrogens with zero attached hydrogens (tertiary/aromatic N) is 2. The Morgan fingerprint density at radius 1 is 1.14 bits per heavy atom. The van der Waals surface area contributed by atoms with Crippen LogP contribution in [0.5, 0.6) is 0 Å². The maximum atomic E-state index is 4.42. The quantitative estimate of drug-likeness (QED) is 0.330. The largest absolute Gasteiger partial charge is 0.356 e. The summed E-state index contributed by atoms with van der Waals surface area (Å²) in [4.78, 5) is 8.42. The van der Waals surface area contributed by atoms with Crippen molar-refractivity contribution in [1.29, 1.82) is 0 Å². The molecule has 0 radical (unpaired) electrons. The minimum Gasteiger partial charge on any atom is -0.356 e. The van der Waals surface area contributed by atoms with Crippen molar-refractivity contribution in [2.45, 2.75) is 44.7 Å². The van der Waals surface area contributed by atoms with Crippen LogP contribution in [-0.4, -0.2) is 43.6 Å². The van der Waals surface area contributed by atoms with Crippen LogP contribution in [-0.2, 0) is 0 Å². The summed E-state index contributed by atoms with van der Waals surface area (Å²) in [5.41, 5.74) is 1.41. The second kappa shape index (κ2) is 11.8. The summed E-state index contributed by atoms with van der Waals surface area (Å²) >= 11 is 1.82. The van der Waals surface area contributed by atoms with Gasteiger partial charge in [0.25, 0.3) is 0 Å². The van der Waals surface area contributed by atoms with Gasteiger partial charge in [-0.15, -0.1) is 35.3 Å². The van der Waals surface area contributed by atoms with Crippen molar-refractivity contribution in [2.24, 2.45) is 4.99 Å². The van der Waals surface area contributed by atoms with Gasteiger partial charge in [-0.1, -0.05) is 43.3 Å². The number of halogens is 1. The van der Waals surface area contributed by atoms with Gasteiger partial charge in [-0.2, -0.15) is 0 Å². The van der Waals surface area contributed by atoms with Gasteiger partial charge in [0.1, 0.15) is 0 Å². The highest BCUT2D eigenvalue weighted by Crippen LogP contribution is 2.24. The first-order valence-corrected chi connectivity index (χ1v) is 10.8. The molecule has 2 unspecified atom stereocenters. The van der Waals surface area contributed by atoms with E-state index in [1.54, 1.807) is 0 Å². The average Bonchev–Trinajstić information content (AvgIpc) is 3.26. The van der Waals surface area contributed by atoms with Gasteiger partial charge in [-0.25, -0.2) is 0 Å². The lowest BCUT2D eigenvalue weighted by atomic mass is 10.0. The number of thiophene rings is 1. The fourth-order valence-corrected chi connectivity index (χ4v) is 4.47. The van der Waals surface area contributed by atoms with Gasteiger partial charge in [0.15, 0.2) is 5.96 Å². The molecule has 4 nitrogen and oxygen atoms in total. The first kappa shape index (κ1) is 23.2. The van der Waals surface area contributed by atoms with E-state index in [-0.39, 0.29) is 24.0 Å². The Kier molecular flexibility index (Phi) is 9.74. The van der Waals surface area contributed by atoms with Crippen molar-refractivity contribution in [1.82, 2.24) is 15.5 Å². The van der Waals surface area contributed by atoms with Crippen LogP contribution in [0.1, 0.15) is 49.1 Å². The fraction of sp³-hybridized carbons (Fsp3) is 0.500. The third kappa shape index (κ3) is 6.46. The van der Waals surface area contributed by atoms with Crippen molar-refractivity contribution >= 4 is 41.3 Å². The number of aliphatic imine (C=N–C) groups is 1. The lowest BCUT2D eigenvalue weighted by Crippen LogP contribution is -2.49. The first-order chi connectivity index (χ1) is 13.2. The van der Waals surface area contributed by atoms with E-state index in [9.17, 15) is 0 Å². The highest BCUT2D eigenvalue weighted by Gasteiger charge is 2.24. The van der Waals surface area contributed by atoms with Gasteiger partial charge >= 0.3 is 0 Å². The van der Waals surface area contributed by atoms with E-state index in [2.05, 4.69) is 82.2 Å². The van der Waals surface area contributed by atoms with Gasteiger partial charge in [0.2, 0.25) is 0 Å². The van der Waals surface area contributed by atoms with Crippen molar-refractivity contribution in [2.75, 3.05) is 26.7 Å². The molecule has 6 heteroatoms. The van der Waals surface area contributed by atoms with Crippen LogP contribution in [0.25, 0.3) is 0 Å². The maximum Gasteiger partial charge on any atom is 0.191 e. The van der Waals surface area contributed by atoms with Gasteiger partial charge < -0.3 is 10.6 Å². The van der Waals surface area contributed by atoms with Crippen molar-refractivity contribution in [3.05, 3.63) is 58.3 Å². The molecule has 1 aliphatic heterocycles. The van der Waals surface area contributed by atoms with E-state index in [1.807, 2.05) is 18.4 Å². The van der Waals surface area contributed by atoms with Crippen LogP contribution in [0.15, 0.2) is 52.8 Å². The maximum absolute atomic E-state index is 4.42. The van der Waals surface area contributed by atoms with E-state index < -0.39 is 0 Å². The Bertz CT molecular complexity index is 697. The Morgan fingerprint density at radius 2 is 1.86 bits per heavy atom. The molecule has 0 bridgehead atoms. The number of benzene rings is 1. The van der Waals surface area contributed by atoms with Crippen LogP contribution in [0, 0.1) is 0 Å². The summed E-state index contributed by atoms with van der Waals surface area (Å²) < 4.78 is 0. The van der Waals surface area contributed by atoms with Crippen LogP contribution >= 0.6 is 35.3 Å². The summed E-state index contributed by atoms with van der Waals surface area (Å²) in [6.07, 6.45) is 2.30. The molecule has 0 saturated carbocycles. The molecule has 3 rings (SSSR count). The Hall–Kier alpha value is -1.12. The SMILES string of the molecule is CN=C(NCC(C)c1cccs1)NC1CCN(C(C)c2ccccc2)CC1.I. The number of hydrogen-bond acceptors (Lipinski definition) is 3. The molecule has 1 aliphatic rings. The molecule has 0 amide bonds. The molecule has 2 N–H and O–H groups in total. The molecule has 1 fully saturated rings. The molecular formula is C22H33IN4S. The van der Waals surface area contributed by atoms with Crippen LogP contribution in [0.2, 0.25) is 0 Å². The molecule has 2 heterocycles. The first-order valence-electron chi connectivity index (χ1n) is 9.97. The van der Waals surface area contributed by atoms with Crippen molar-refractivity contribution in [3.63, 3.8) is 0 Å². The topological polar surface area (TPSA) is 39.7 Å². The van der Waals surface area contributed by atoms with Gasteiger partial charge in [0.05, 0.1) is 0 Å². The lowest BCUT2D eigenvalue weighted by molar-refractivity contribution is 0.158. The second-order valence-electron chi connectivity index (χ2n) is 7.41. The fourth-order valence-electron chi connectivity index (χ4n) is 3.68. The molecule has 2 atom stereocenters. The summed E-state index contributed by atoms with van der Waals surface area (Å²) in [6, 6.07) is 16.1. The van der Waals surface area contributed by atoms with E-state index in [1.165, 1.54) is 10.4 Å². The van der Waals surface area contributed by atoms with Gasteiger partial charge in [-0.05, 0) is 36.8 Å². The molecule has 154 valence electrons. The predicted octanol–water partition coefficient (Wildman–Crippen LogP) is 4.86. The zero-order chi connectivity index (χ0) is 19.1. The van der Waals surface area contributed by atoms with E-state index >= 15 is 0 Å². The minimum atomic E-state index is 0. The monoisotopic (exact) mass is 512 g/mol. The molecule has 0 aliphatic carbocycles. The summed E-state index contributed by atoms with van der Waals surface area (Å²) in [6.45, 7) is 7.72. The minimum absolute atomic E-state index is 0. The molecule has 28 heavy (non-hydrogen) atoms. The van der Waals surface area contributed by atoms with E-state index in [0.29, 0.717) is 18.0 Å². The average molecular weight is 513 g/mol. The number of likely N-dealkylation sites (tertiary alicyclic amines) is 1. The third-order valence-electron chi connectivity index (χ3n) is 5.53. The molecule has 0 spiro atoms. The third-order valence-corrected chi connectivity index (χ3v) is 6.63.